The van der Waals surface area contributed by atoms with Gasteiger partial charge in [-0.25, -0.2) is 9.97 Å². The predicted molar refractivity (Wildman–Crippen MR) is 104 cm³/mol. The lowest BCUT2D eigenvalue weighted by atomic mass is 9.74. The Morgan fingerprint density at radius 2 is 2.11 bits per heavy atom. The molecule has 1 aliphatic carbocycles. The van der Waals surface area contributed by atoms with E-state index in [9.17, 15) is 4.79 Å². The van der Waals surface area contributed by atoms with E-state index in [2.05, 4.69) is 34.3 Å². The normalized spacial score (nSPS) is 17.8. The first kappa shape index (κ1) is 18.3. The van der Waals surface area contributed by atoms with Crippen LogP contribution in [0.4, 0.5) is 0 Å². The van der Waals surface area contributed by atoms with Gasteiger partial charge in [-0.15, -0.1) is 0 Å². The lowest BCUT2D eigenvalue weighted by Crippen LogP contribution is -2.37. The molecule has 28 heavy (non-hydrogen) atoms. The second-order valence-electron chi connectivity index (χ2n) is 8.11. The van der Waals surface area contributed by atoms with E-state index in [1.54, 1.807) is 26.2 Å². The average molecular weight is 377 g/mol. The van der Waals surface area contributed by atoms with Crippen LogP contribution >= 0.6 is 0 Å². The summed E-state index contributed by atoms with van der Waals surface area (Å²) in [6.45, 7) is 7.90. The Bertz CT molecular complexity index is 1010. The summed E-state index contributed by atoms with van der Waals surface area (Å²) in [6, 6.07) is 3.65. The molecule has 0 aromatic carbocycles. The van der Waals surface area contributed by atoms with Gasteiger partial charge in [-0.05, 0) is 44.2 Å². The zero-order chi connectivity index (χ0) is 19.9. The van der Waals surface area contributed by atoms with Gasteiger partial charge < -0.3 is 9.84 Å². The first-order chi connectivity index (χ1) is 13.3. The number of aryl methyl sites for hydroxylation is 2. The molecule has 0 spiro atoms. The van der Waals surface area contributed by atoms with Crippen molar-refractivity contribution in [3.8, 4) is 11.4 Å². The number of hydrogen-bond acceptors (Lipinski definition) is 6. The van der Waals surface area contributed by atoms with E-state index < -0.39 is 0 Å². The zero-order valence-electron chi connectivity index (χ0n) is 16.5. The number of nitrogens with one attached hydrogen (secondary N) is 1. The van der Waals surface area contributed by atoms with Crippen LogP contribution in [0.25, 0.3) is 11.4 Å². The van der Waals surface area contributed by atoms with Crippen molar-refractivity contribution in [3.05, 3.63) is 59.0 Å². The van der Waals surface area contributed by atoms with Crippen molar-refractivity contribution < 1.29 is 9.32 Å². The summed E-state index contributed by atoms with van der Waals surface area (Å²) < 4.78 is 5.14. The highest BCUT2D eigenvalue weighted by atomic mass is 16.5. The molecule has 3 aromatic heterocycles. The lowest BCUT2D eigenvalue weighted by molar-refractivity contribution is 0.0917. The number of carbonyl (C=O) groups is 1. The maximum Gasteiger partial charge on any atom is 0.257 e. The van der Waals surface area contributed by atoms with Crippen LogP contribution in [0.1, 0.15) is 59.4 Å². The molecule has 3 aromatic rings. The third kappa shape index (κ3) is 3.40. The monoisotopic (exact) mass is 377 g/mol. The Kier molecular flexibility index (Phi) is 4.45. The fourth-order valence-corrected chi connectivity index (χ4v) is 3.85. The van der Waals surface area contributed by atoms with Crippen molar-refractivity contribution >= 4 is 5.91 Å². The quantitative estimate of drug-likeness (QED) is 0.750. The van der Waals surface area contributed by atoms with E-state index in [4.69, 9.17) is 9.51 Å². The van der Waals surface area contributed by atoms with Crippen LogP contribution in [-0.4, -0.2) is 26.0 Å². The molecule has 7 nitrogen and oxygen atoms in total. The Labute approximate surface area is 163 Å². The van der Waals surface area contributed by atoms with E-state index in [0.717, 1.165) is 29.7 Å². The second kappa shape index (κ2) is 6.82. The number of nitrogens with zero attached hydrogens (tertiary/aromatic N) is 4. The zero-order valence-corrected chi connectivity index (χ0v) is 16.5. The summed E-state index contributed by atoms with van der Waals surface area (Å²) in [5.74, 6) is 0.995. The fraction of sp³-hybridized carbons (Fsp3) is 0.381. The summed E-state index contributed by atoms with van der Waals surface area (Å²) in [5, 5.41) is 7.02. The average Bonchev–Trinajstić information content (AvgIpc) is 2.99. The maximum absolute atomic E-state index is 12.9. The maximum atomic E-state index is 12.9. The van der Waals surface area contributed by atoms with E-state index in [0.29, 0.717) is 22.8 Å². The number of hydrogen-bond donors (Lipinski definition) is 1. The number of fused-ring (bicyclic) bond motifs is 1. The molecule has 1 amide bonds. The van der Waals surface area contributed by atoms with Gasteiger partial charge in [-0.3, -0.25) is 9.78 Å². The van der Waals surface area contributed by atoms with Crippen LogP contribution in [-0.2, 0) is 6.42 Å². The molecular weight excluding hydrogens is 354 g/mol. The van der Waals surface area contributed by atoms with E-state index in [1.165, 1.54) is 0 Å². The highest BCUT2D eigenvalue weighted by Gasteiger charge is 2.35. The third-order valence-electron chi connectivity index (χ3n) is 5.16. The molecule has 3 heterocycles. The van der Waals surface area contributed by atoms with Crippen molar-refractivity contribution in [2.45, 2.75) is 46.6 Å². The minimum Gasteiger partial charge on any atom is -0.361 e. The Morgan fingerprint density at radius 3 is 2.79 bits per heavy atom. The van der Waals surface area contributed by atoms with Crippen LogP contribution in [0.2, 0.25) is 0 Å². The molecule has 144 valence electrons. The third-order valence-corrected chi connectivity index (χ3v) is 5.16. The Hall–Kier alpha value is -3.09. The number of carbonyl (C=O) groups excluding carboxylic acids is 1. The SMILES string of the molecule is Cc1noc(C)c1C(=O)NC1CC(C)(C)Cc2nc(-c3cccnc3)ncc21. The molecule has 1 unspecified atom stereocenters. The molecule has 4 rings (SSSR count). The Morgan fingerprint density at radius 1 is 1.29 bits per heavy atom. The molecule has 1 N–H and O–H groups in total. The molecule has 0 bridgehead atoms. The van der Waals surface area contributed by atoms with Crippen LogP contribution in [0.15, 0.2) is 35.2 Å². The number of pyridine rings is 1. The highest BCUT2D eigenvalue weighted by molar-refractivity contribution is 5.96. The van der Waals surface area contributed by atoms with Gasteiger partial charge in [0.15, 0.2) is 5.82 Å². The molecule has 0 saturated carbocycles. The van der Waals surface area contributed by atoms with Crippen molar-refractivity contribution in [1.82, 2.24) is 25.4 Å². The lowest BCUT2D eigenvalue weighted by Gasteiger charge is -2.36. The van der Waals surface area contributed by atoms with Gasteiger partial charge in [0.1, 0.15) is 11.3 Å². The number of amides is 1. The Balaban J connectivity index is 1.68. The van der Waals surface area contributed by atoms with Crippen molar-refractivity contribution in [3.63, 3.8) is 0 Å². The van der Waals surface area contributed by atoms with Gasteiger partial charge in [0.25, 0.3) is 5.91 Å². The minimum absolute atomic E-state index is 0.00421. The molecule has 0 fully saturated rings. The van der Waals surface area contributed by atoms with Crippen LogP contribution in [0.5, 0.6) is 0 Å². The first-order valence-corrected chi connectivity index (χ1v) is 9.34. The molecule has 0 aliphatic heterocycles. The molecule has 1 aliphatic rings. The summed E-state index contributed by atoms with van der Waals surface area (Å²) in [6.07, 6.45) is 6.95. The van der Waals surface area contributed by atoms with Gasteiger partial charge in [-0.2, -0.15) is 0 Å². The van der Waals surface area contributed by atoms with Gasteiger partial charge in [0.05, 0.1) is 17.4 Å². The first-order valence-electron chi connectivity index (χ1n) is 9.34. The number of aromatic nitrogens is 4. The van der Waals surface area contributed by atoms with E-state index in [-0.39, 0.29) is 17.4 Å². The fourth-order valence-electron chi connectivity index (χ4n) is 3.85. The summed E-state index contributed by atoms with van der Waals surface area (Å²) in [4.78, 5) is 26.3. The summed E-state index contributed by atoms with van der Waals surface area (Å²) in [7, 11) is 0. The van der Waals surface area contributed by atoms with Crippen molar-refractivity contribution in [2.75, 3.05) is 0 Å². The minimum atomic E-state index is -0.179. The van der Waals surface area contributed by atoms with Crippen molar-refractivity contribution in [2.24, 2.45) is 5.41 Å². The largest absolute Gasteiger partial charge is 0.361 e. The summed E-state index contributed by atoms with van der Waals surface area (Å²) >= 11 is 0. The highest BCUT2D eigenvalue weighted by Crippen LogP contribution is 2.40. The van der Waals surface area contributed by atoms with Crippen LogP contribution < -0.4 is 5.32 Å². The smallest absolute Gasteiger partial charge is 0.257 e. The summed E-state index contributed by atoms with van der Waals surface area (Å²) in [5.41, 5.74) is 3.90. The molecule has 0 saturated heterocycles. The second-order valence-corrected chi connectivity index (χ2v) is 8.11. The van der Waals surface area contributed by atoms with Gasteiger partial charge in [0, 0.05) is 29.7 Å². The topological polar surface area (TPSA) is 93.8 Å². The van der Waals surface area contributed by atoms with Gasteiger partial charge in [-0.1, -0.05) is 19.0 Å². The van der Waals surface area contributed by atoms with E-state index in [1.807, 2.05) is 18.3 Å². The van der Waals surface area contributed by atoms with Crippen LogP contribution in [0.3, 0.4) is 0 Å². The predicted octanol–water partition coefficient (Wildman–Crippen LogP) is 3.59. The van der Waals surface area contributed by atoms with Gasteiger partial charge in [0.2, 0.25) is 0 Å². The van der Waals surface area contributed by atoms with Crippen LogP contribution in [0, 0.1) is 19.3 Å². The van der Waals surface area contributed by atoms with Crippen molar-refractivity contribution in [1.29, 1.82) is 0 Å². The molecule has 0 radical (unpaired) electrons. The molecule has 7 heteroatoms. The molecule has 1 atom stereocenters. The van der Waals surface area contributed by atoms with E-state index >= 15 is 0 Å². The standard InChI is InChI=1S/C21H23N5O2/c1-12-18(13(2)28-26-12)20(27)25-17-9-21(3,4)8-16-15(17)11-23-19(24-16)14-6-5-7-22-10-14/h5-7,10-11,17H,8-9H2,1-4H3,(H,25,27). The molecular formula is C21H23N5O2. The number of rotatable bonds is 3. The van der Waals surface area contributed by atoms with Gasteiger partial charge >= 0.3 is 0 Å².